The summed E-state index contributed by atoms with van der Waals surface area (Å²) >= 11 is 1.60. The molecule has 2 heterocycles. The van der Waals surface area contributed by atoms with Gasteiger partial charge < -0.3 is 9.51 Å². The van der Waals surface area contributed by atoms with E-state index >= 15 is 0 Å². The van der Waals surface area contributed by atoms with Gasteiger partial charge in [0.25, 0.3) is 0 Å². The van der Waals surface area contributed by atoms with E-state index in [9.17, 15) is 0 Å². The number of nitrogens with one attached hydrogen (secondary N) is 1. The zero-order chi connectivity index (χ0) is 17.1. The number of thioether (sulfide) groups is 1. The van der Waals surface area contributed by atoms with Crippen LogP contribution < -0.4 is 0 Å². The van der Waals surface area contributed by atoms with E-state index < -0.39 is 0 Å². The van der Waals surface area contributed by atoms with Crippen molar-refractivity contribution in [2.75, 3.05) is 0 Å². The molecule has 0 amide bonds. The number of hydrogen-bond donors (Lipinski definition) is 1. The molecule has 6 heteroatoms. The number of H-pyrrole nitrogens is 1. The standard InChI is InChI=1S/C18H22N4OS/c1-11(2)16-21-17(23-22-16)13(4)24-18-19-12(3)15(20-18)10-14-8-6-5-7-9-14/h5-9,11,13H,10H2,1-4H3,(H,19,20). The largest absolute Gasteiger partial charge is 0.338 e. The maximum atomic E-state index is 5.37. The van der Waals surface area contributed by atoms with Crippen LogP contribution in [0.5, 0.6) is 0 Å². The van der Waals surface area contributed by atoms with Crippen molar-refractivity contribution in [3.63, 3.8) is 0 Å². The second-order valence-electron chi connectivity index (χ2n) is 6.18. The predicted molar refractivity (Wildman–Crippen MR) is 95.2 cm³/mol. The lowest BCUT2D eigenvalue weighted by Gasteiger charge is -2.02. The molecule has 0 saturated carbocycles. The molecule has 0 aliphatic heterocycles. The van der Waals surface area contributed by atoms with Crippen LogP contribution in [0.2, 0.25) is 0 Å². The minimum absolute atomic E-state index is 0.0557. The van der Waals surface area contributed by atoms with Gasteiger partial charge in [-0.3, -0.25) is 0 Å². The summed E-state index contributed by atoms with van der Waals surface area (Å²) in [7, 11) is 0. The quantitative estimate of drug-likeness (QED) is 0.659. The fourth-order valence-corrected chi connectivity index (χ4v) is 3.26. The highest BCUT2D eigenvalue weighted by atomic mass is 32.2. The highest BCUT2D eigenvalue weighted by Crippen LogP contribution is 2.33. The van der Waals surface area contributed by atoms with Crippen molar-refractivity contribution in [1.29, 1.82) is 0 Å². The molecule has 2 aromatic heterocycles. The number of hydrogen-bond acceptors (Lipinski definition) is 5. The van der Waals surface area contributed by atoms with Gasteiger partial charge in [0.05, 0.1) is 10.9 Å². The zero-order valence-corrected chi connectivity index (χ0v) is 15.2. The second-order valence-corrected chi connectivity index (χ2v) is 7.51. The maximum absolute atomic E-state index is 5.37. The molecule has 3 rings (SSSR count). The van der Waals surface area contributed by atoms with E-state index in [1.54, 1.807) is 11.8 Å². The lowest BCUT2D eigenvalue weighted by molar-refractivity contribution is 0.373. The number of rotatable bonds is 6. The molecule has 0 bridgehead atoms. The van der Waals surface area contributed by atoms with Crippen LogP contribution in [0.1, 0.15) is 60.6 Å². The smallest absolute Gasteiger partial charge is 0.239 e. The number of imidazole rings is 1. The third-order valence-electron chi connectivity index (χ3n) is 3.79. The Labute approximate surface area is 146 Å². The predicted octanol–water partition coefficient (Wildman–Crippen LogP) is 4.67. The average molecular weight is 342 g/mol. The Morgan fingerprint density at radius 1 is 1.12 bits per heavy atom. The van der Waals surface area contributed by atoms with Crippen LogP contribution in [-0.4, -0.2) is 20.1 Å². The van der Waals surface area contributed by atoms with E-state index in [4.69, 9.17) is 9.51 Å². The molecule has 3 aromatic rings. The van der Waals surface area contributed by atoms with Crippen LogP contribution in [0.3, 0.4) is 0 Å². The minimum Gasteiger partial charge on any atom is -0.338 e. The van der Waals surface area contributed by atoms with Crippen molar-refractivity contribution in [2.24, 2.45) is 0 Å². The summed E-state index contributed by atoms with van der Waals surface area (Å²) in [6, 6.07) is 10.4. The topological polar surface area (TPSA) is 67.6 Å². The molecule has 0 fully saturated rings. The van der Waals surface area contributed by atoms with Gasteiger partial charge in [-0.2, -0.15) is 4.98 Å². The first-order chi connectivity index (χ1) is 11.5. The lowest BCUT2D eigenvalue weighted by atomic mass is 10.1. The van der Waals surface area contributed by atoms with Crippen molar-refractivity contribution in [1.82, 2.24) is 20.1 Å². The molecule has 0 aliphatic rings. The van der Waals surface area contributed by atoms with E-state index in [2.05, 4.69) is 67.1 Å². The normalized spacial score (nSPS) is 12.7. The van der Waals surface area contributed by atoms with Gasteiger partial charge in [0.2, 0.25) is 5.89 Å². The van der Waals surface area contributed by atoms with Gasteiger partial charge in [0, 0.05) is 18.0 Å². The molecule has 1 N–H and O–H groups in total. The van der Waals surface area contributed by atoms with Crippen LogP contribution in [-0.2, 0) is 6.42 Å². The maximum Gasteiger partial charge on any atom is 0.239 e. The summed E-state index contributed by atoms with van der Waals surface area (Å²) in [6.07, 6.45) is 0.830. The first-order valence-electron chi connectivity index (χ1n) is 8.12. The molecule has 0 radical (unpaired) electrons. The SMILES string of the molecule is Cc1[nH]c(SC(C)c2nc(C(C)C)no2)nc1Cc1ccccc1. The van der Waals surface area contributed by atoms with Crippen LogP contribution in [0.15, 0.2) is 40.0 Å². The van der Waals surface area contributed by atoms with Crippen LogP contribution in [0.25, 0.3) is 0 Å². The Kier molecular flexibility index (Phi) is 5.04. The fourth-order valence-electron chi connectivity index (χ4n) is 2.35. The van der Waals surface area contributed by atoms with E-state index in [-0.39, 0.29) is 11.2 Å². The van der Waals surface area contributed by atoms with Crippen molar-refractivity contribution in [3.8, 4) is 0 Å². The number of benzene rings is 1. The van der Waals surface area contributed by atoms with Crippen molar-refractivity contribution >= 4 is 11.8 Å². The van der Waals surface area contributed by atoms with Crippen molar-refractivity contribution < 1.29 is 4.52 Å². The summed E-state index contributed by atoms with van der Waals surface area (Å²) in [5.74, 6) is 1.66. The van der Waals surface area contributed by atoms with Gasteiger partial charge >= 0.3 is 0 Å². The Bertz CT molecular complexity index is 794. The van der Waals surface area contributed by atoms with E-state index in [1.165, 1.54) is 5.56 Å². The molecular formula is C18H22N4OS. The van der Waals surface area contributed by atoms with Crippen LogP contribution >= 0.6 is 11.8 Å². The molecule has 0 aliphatic carbocycles. The first kappa shape index (κ1) is 16.8. The summed E-state index contributed by atoms with van der Waals surface area (Å²) < 4.78 is 5.37. The van der Waals surface area contributed by atoms with Crippen molar-refractivity contribution in [2.45, 2.75) is 50.4 Å². The summed E-state index contributed by atoms with van der Waals surface area (Å²) in [4.78, 5) is 12.5. The van der Waals surface area contributed by atoms with Gasteiger partial charge in [0.1, 0.15) is 0 Å². The Morgan fingerprint density at radius 3 is 2.54 bits per heavy atom. The third kappa shape index (κ3) is 3.87. The number of aromatic nitrogens is 4. The Hall–Kier alpha value is -2.08. The number of aromatic amines is 1. The minimum atomic E-state index is 0.0557. The molecule has 1 unspecified atom stereocenters. The van der Waals surface area contributed by atoms with Gasteiger partial charge in [-0.15, -0.1) is 0 Å². The Balaban J connectivity index is 1.70. The summed E-state index contributed by atoms with van der Waals surface area (Å²) in [6.45, 7) is 8.22. The molecule has 126 valence electrons. The highest BCUT2D eigenvalue weighted by Gasteiger charge is 2.19. The Morgan fingerprint density at radius 2 is 1.88 bits per heavy atom. The van der Waals surface area contributed by atoms with E-state index in [1.807, 2.05) is 6.07 Å². The zero-order valence-electron chi connectivity index (χ0n) is 14.4. The second kappa shape index (κ2) is 7.21. The van der Waals surface area contributed by atoms with E-state index in [0.717, 1.165) is 28.8 Å². The first-order valence-corrected chi connectivity index (χ1v) is 9.00. The molecule has 0 saturated heterocycles. The summed E-state index contributed by atoms with van der Waals surface area (Å²) in [5.41, 5.74) is 3.43. The highest BCUT2D eigenvalue weighted by molar-refractivity contribution is 7.99. The van der Waals surface area contributed by atoms with Crippen LogP contribution in [0.4, 0.5) is 0 Å². The van der Waals surface area contributed by atoms with Gasteiger partial charge in [-0.25, -0.2) is 4.98 Å². The molecule has 0 spiro atoms. The molecular weight excluding hydrogens is 320 g/mol. The molecule has 1 aromatic carbocycles. The average Bonchev–Trinajstić information content (AvgIpc) is 3.16. The number of aryl methyl sites for hydroxylation is 1. The van der Waals surface area contributed by atoms with Crippen molar-refractivity contribution in [3.05, 3.63) is 59.0 Å². The fraction of sp³-hybridized carbons (Fsp3) is 0.389. The van der Waals surface area contributed by atoms with Gasteiger partial charge in [-0.05, 0) is 19.4 Å². The lowest BCUT2D eigenvalue weighted by Crippen LogP contribution is -1.93. The molecule has 1 atom stereocenters. The third-order valence-corrected chi connectivity index (χ3v) is 4.76. The number of nitrogens with zero attached hydrogens (tertiary/aromatic N) is 3. The molecule has 5 nitrogen and oxygen atoms in total. The molecule has 24 heavy (non-hydrogen) atoms. The summed E-state index contributed by atoms with van der Waals surface area (Å²) in [5, 5.41) is 4.97. The van der Waals surface area contributed by atoms with Gasteiger partial charge in [-0.1, -0.05) is 61.1 Å². The van der Waals surface area contributed by atoms with Crippen LogP contribution in [0, 0.1) is 6.92 Å². The monoisotopic (exact) mass is 342 g/mol. The van der Waals surface area contributed by atoms with Gasteiger partial charge in [0.15, 0.2) is 11.0 Å². The van der Waals surface area contributed by atoms with E-state index in [0.29, 0.717) is 5.89 Å².